The van der Waals surface area contributed by atoms with E-state index in [2.05, 4.69) is 14.9 Å². The van der Waals surface area contributed by atoms with Gasteiger partial charge in [-0.3, -0.25) is 4.79 Å². The van der Waals surface area contributed by atoms with Crippen molar-refractivity contribution >= 4 is 34.7 Å². The Morgan fingerprint density at radius 3 is 2.42 bits per heavy atom. The molecule has 0 unspecified atom stereocenters. The number of halogens is 3. The van der Waals surface area contributed by atoms with E-state index >= 15 is 0 Å². The number of carbonyl (C=O) groups excluding carboxylic acids is 1. The summed E-state index contributed by atoms with van der Waals surface area (Å²) in [4.78, 5) is 25.1. The summed E-state index contributed by atoms with van der Waals surface area (Å²) in [6.45, 7) is 2.56. The van der Waals surface area contributed by atoms with Crippen molar-refractivity contribution in [2.24, 2.45) is 0 Å². The standard InChI is InChI=1S/C21H19F3N4OS2/c22-21(23,24)18-13-16(17-7-4-12-30-17)25-20(26-18)31-14-19(29)28-10-8-27(9-11-28)15-5-2-1-3-6-15/h1-7,12-13H,8-11,14H2. The van der Waals surface area contributed by atoms with Gasteiger partial charge in [-0.15, -0.1) is 11.3 Å². The zero-order valence-electron chi connectivity index (χ0n) is 16.4. The van der Waals surface area contributed by atoms with Crippen LogP contribution in [0.1, 0.15) is 5.69 Å². The highest BCUT2D eigenvalue weighted by molar-refractivity contribution is 7.99. The number of alkyl halides is 3. The predicted octanol–water partition coefficient (Wildman–Crippen LogP) is 4.66. The number of amides is 1. The molecule has 0 N–H and O–H groups in total. The van der Waals surface area contributed by atoms with Crippen molar-refractivity contribution in [2.75, 3.05) is 36.8 Å². The van der Waals surface area contributed by atoms with Gasteiger partial charge in [-0.2, -0.15) is 13.2 Å². The van der Waals surface area contributed by atoms with Crippen LogP contribution in [0.3, 0.4) is 0 Å². The van der Waals surface area contributed by atoms with E-state index in [0.29, 0.717) is 31.1 Å². The van der Waals surface area contributed by atoms with Crippen LogP contribution in [-0.2, 0) is 11.0 Å². The summed E-state index contributed by atoms with van der Waals surface area (Å²) in [6.07, 6.45) is -4.58. The largest absolute Gasteiger partial charge is 0.433 e. The molecule has 0 aliphatic carbocycles. The summed E-state index contributed by atoms with van der Waals surface area (Å²) in [7, 11) is 0. The Hall–Kier alpha value is -2.59. The minimum atomic E-state index is -4.58. The lowest BCUT2D eigenvalue weighted by atomic mass is 10.2. The number of hydrogen-bond acceptors (Lipinski definition) is 6. The fourth-order valence-corrected chi connectivity index (χ4v) is 4.70. The lowest BCUT2D eigenvalue weighted by molar-refractivity contribution is -0.141. The third kappa shape index (κ3) is 5.37. The van der Waals surface area contributed by atoms with Crippen molar-refractivity contribution in [1.29, 1.82) is 0 Å². The van der Waals surface area contributed by atoms with Crippen molar-refractivity contribution in [3.63, 3.8) is 0 Å². The number of thiophene rings is 1. The zero-order valence-corrected chi connectivity index (χ0v) is 18.0. The van der Waals surface area contributed by atoms with Gasteiger partial charge in [0.15, 0.2) is 5.16 Å². The van der Waals surface area contributed by atoms with Gasteiger partial charge in [0.05, 0.1) is 16.3 Å². The molecule has 0 atom stereocenters. The van der Waals surface area contributed by atoms with Gasteiger partial charge in [0.2, 0.25) is 5.91 Å². The van der Waals surface area contributed by atoms with Crippen molar-refractivity contribution in [3.05, 3.63) is 59.6 Å². The van der Waals surface area contributed by atoms with Gasteiger partial charge >= 0.3 is 6.18 Å². The molecule has 1 saturated heterocycles. The summed E-state index contributed by atoms with van der Waals surface area (Å²) in [5, 5.41) is 1.73. The van der Waals surface area contributed by atoms with E-state index in [9.17, 15) is 18.0 Å². The Morgan fingerprint density at radius 2 is 1.77 bits per heavy atom. The number of hydrogen-bond donors (Lipinski definition) is 0. The van der Waals surface area contributed by atoms with Gasteiger partial charge in [-0.1, -0.05) is 36.0 Å². The van der Waals surface area contributed by atoms with E-state index < -0.39 is 11.9 Å². The number of thioether (sulfide) groups is 1. The van der Waals surface area contributed by atoms with Gasteiger partial charge in [0.1, 0.15) is 5.69 Å². The summed E-state index contributed by atoms with van der Waals surface area (Å²) in [5.74, 6) is -0.132. The lowest BCUT2D eigenvalue weighted by Crippen LogP contribution is -2.49. The van der Waals surface area contributed by atoms with Crippen LogP contribution in [0.5, 0.6) is 0 Å². The van der Waals surface area contributed by atoms with Gasteiger partial charge in [0.25, 0.3) is 0 Å². The van der Waals surface area contributed by atoms with Crippen molar-refractivity contribution in [1.82, 2.24) is 14.9 Å². The number of benzene rings is 1. The van der Waals surface area contributed by atoms with Crippen LogP contribution in [0.25, 0.3) is 10.6 Å². The molecule has 1 aliphatic rings. The molecule has 1 aliphatic heterocycles. The molecule has 2 aromatic heterocycles. The average Bonchev–Trinajstić information content (AvgIpc) is 3.32. The molecule has 0 saturated carbocycles. The fourth-order valence-electron chi connectivity index (χ4n) is 3.26. The molecule has 5 nitrogen and oxygen atoms in total. The molecule has 10 heteroatoms. The Labute approximate surface area is 185 Å². The molecule has 3 heterocycles. The average molecular weight is 465 g/mol. The maximum atomic E-state index is 13.3. The second-order valence-corrected chi connectivity index (χ2v) is 8.78. The van der Waals surface area contributed by atoms with E-state index in [-0.39, 0.29) is 22.5 Å². The third-order valence-corrected chi connectivity index (χ3v) is 6.57. The Balaban J connectivity index is 1.40. The van der Waals surface area contributed by atoms with E-state index in [4.69, 9.17) is 0 Å². The molecule has 1 fully saturated rings. The van der Waals surface area contributed by atoms with Crippen LogP contribution >= 0.6 is 23.1 Å². The first-order chi connectivity index (χ1) is 14.9. The molecule has 3 aromatic rings. The first-order valence-electron chi connectivity index (χ1n) is 9.61. The van der Waals surface area contributed by atoms with E-state index in [1.165, 1.54) is 11.3 Å². The Morgan fingerprint density at radius 1 is 1.03 bits per heavy atom. The SMILES string of the molecule is O=C(CSc1nc(-c2cccs2)cc(C(F)(F)F)n1)N1CCN(c2ccccc2)CC1. The highest BCUT2D eigenvalue weighted by Gasteiger charge is 2.34. The zero-order chi connectivity index (χ0) is 21.8. The molecular formula is C21H19F3N4OS2. The van der Waals surface area contributed by atoms with Crippen LogP contribution in [0, 0.1) is 0 Å². The van der Waals surface area contributed by atoms with Gasteiger partial charge in [-0.05, 0) is 29.6 Å². The molecule has 31 heavy (non-hydrogen) atoms. The van der Waals surface area contributed by atoms with Gasteiger partial charge < -0.3 is 9.80 Å². The van der Waals surface area contributed by atoms with Crippen molar-refractivity contribution in [2.45, 2.75) is 11.3 Å². The topological polar surface area (TPSA) is 49.3 Å². The number of anilines is 1. The molecule has 0 radical (unpaired) electrons. The van der Waals surface area contributed by atoms with Crippen molar-refractivity contribution < 1.29 is 18.0 Å². The number of aromatic nitrogens is 2. The normalized spacial score (nSPS) is 14.7. The monoisotopic (exact) mass is 464 g/mol. The Kier molecular flexibility index (Phi) is 6.47. The quantitative estimate of drug-likeness (QED) is 0.406. The van der Waals surface area contributed by atoms with Crippen LogP contribution in [-0.4, -0.2) is 52.7 Å². The van der Waals surface area contributed by atoms with Crippen LogP contribution in [0.15, 0.2) is 59.1 Å². The molecule has 0 bridgehead atoms. The summed E-state index contributed by atoms with van der Waals surface area (Å²) in [5.41, 5.74) is 0.323. The first kappa shape index (κ1) is 21.6. The van der Waals surface area contributed by atoms with Crippen LogP contribution in [0.2, 0.25) is 0 Å². The molecule has 4 rings (SSSR count). The Bertz CT molecular complexity index is 1020. The molecular weight excluding hydrogens is 445 g/mol. The van der Waals surface area contributed by atoms with Gasteiger partial charge in [0, 0.05) is 31.9 Å². The number of rotatable bonds is 5. The maximum absolute atomic E-state index is 13.3. The fraction of sp³-hybridized carbons (Fsp3) is 0.286. The number of piperazine rings is 1. The van der Waals surface area contributed by atoms with E-state index in [0.717, 1.165) is 23.5 Å². The predicted molar refractivity (Wildman–Crippen MR) is 116 cm³/mol. The van der Waals surface area contributed by atoms with Gasteiger partial charge in [-0.25, -0.2) is 9.97 Å². The van der Waals surface area contributed by atoms with E-state index in [1.807, 2.05) is 30.3 Å². The number of nitrogens with zero attached hydrogens (tertiary/aromatic N) is 4. The second kappa shape index (κ2) is 9.27. The smallest absolute Gasteiger partial charge is 0.368 e. The van der Waals surface area contributed by atoms with Crippen LogP contribution < -0.4 is 4.90 Å². The molecule has 1 aromatic carbocycles. The molecule has 0 spiro atoms. The number of para-hydroxylation sites is 1. The lowest BCUT2D eigenvalue weighted by Gasteiger charge is -2.36. The first-order valence-corrected chi connectivity index (χ1v) is 11.5. The highest BCUT2D eigenvalue weighted by Crippen LogP contribution is 2.33. The molecule has 162 valence electrons. The maximum Gasteiger partial charge on any atom is 0.433 e. The minimum Gasteiger partial charge on any atom is -0.368 e. The summed E-state index contributed by atoms with van der Waals surface area (Å²) in [6, 6.07) is 14.4. The number of carbonyl (C=O) groups is 1. The second-order valence-electron chi connectivity index (χ2n) is 6.89. The highest BCUT2D eigenvalue weighted by atomic mass is 32.2. The van der Waals surface area contributed by atoms with Crippen molar-refractivity contribution in [3.8, 4) is 10.6 Å². The third-order valence-electron chi connectivity index (χ3n) is 4.85. The minimum absolute atomic E-state index is 0.00344. The summed E-state index contributed by atoms with van der Waals surface area (Å²) < 4.78 is 39.8. The molecule has 1 amide bonds. The van der Waals surface area contributed by atoms with E-state index in [1.54, 1.807) is 22.4 Å². The van der Waals surface area contributed by atoms with Crippen LogP contribution in [0.4, 0.5) is 18.9 Å². The summed E-state index contributed by atoms with van der Waals surface area (Å²) >= 11 is 2.24.